The van der Waals surface area contributed by atoms with Crippen LogP contribution in [0.3, 0.4) is 0 Å². The van der Waals surface area contributed by atoms with Gasteiger partial charge < -0.3 is 15.5 Å². The van der Waals surface area contributed by atoms with Gasteiger partial charge in [0.1, 0.15) is 5.00 Å². The average molecular weight is 534 g/mol. The molecule has 36 heavy (non-hydrogen) atoms. The molecule has 5 amide bonds. The van der Waals surface area contributed by atoms with Gasteiger partial charge in [0.25, 0.3) is 11.8 Å². The molecule has 0 bridgehead atoms. The van der Waals surface area contributed by atoms with Crippen LogP contribution in [0.1, 0.15) is 50.9 Å². The Hall–Kier alpha value is -3.29. The number of thiophene rings is 1. The minimum absolute atomic E-state index is 0.0972. The lowest BCUT2D eigenvalue weighted by atomic mass is 10.0. The van der Waals surface area contributed by atoms with E-state index in [4.69, 9.17) is 0 Å². The predicted molar refractivity (Wildman–Crippen MR) is 133 cm³/mol. The van der Waals surface area contributed by atoms with Crippen LogP contribution in [0.2, 0.25) is 0 Å². The van der Waals surface area contributed by atoms with Crippen LogP contribution < -0.4 is 16.0 Å². The van der Waals surface area contributed by atoms with Crippen molar-refractivity contribution in [2.45, 2.75) is 37.6 Å². The number of fused-ring (bicyclic) bond motifs is 1. The molecule has 2 aliphatic rings. The Bertz CT molecular complexity index is 1310. The van der Waals surface area contributed by atoms with Crippen LogP contribution in [0, 0.1) is 0 Å². The van der Waals surface area contributed by atoms with E-state index in [1.165, 1.54) is 53.9 Å². The van der Waals surface area contributed by atoms with E-state index in [2.05, 4.69) is 16.0 Å². The van der Waals surface area contributed by atoms with Gasteiger partial charge in [-0.2, -0.15) is 4.31 Å². The fourth-order valence-electron chi connectivity index (χ4n) is 4.26. The zero-order chi connectivity index (χ0) is 26.0. The number of nitrogens with one attached hydrogen (secondary N) is 3. The monoisotopic (exact) mass is 533 g/mol. The maximum Gasteiger partial charge on any atom is 0.321 e. The molecule has 192 valence electrons. The van der Waals surface area contributed by atoms with E-state index in [0.717, 1.165) is 17.7 Å². The van der Waals surface area contributed by atoms with E-state index in [9.17, 15) is 27.6 Å². The van der Waals surface area contributed by atoms with Crippen LogP contribution in [-0.4, -0.2) is 68.1 Å². The van der Waals surface area contributed by atoms with Gasteiger partial charge in [-0.05, 0) is 49.1 Å². The summed E-state index contributed by atoms with van der Waals surface area (Å²) >= 11 is 1.17. The van der Waals surface area contributed by atoms with Gasteiger partial charge in [-0.15, -0.1) is 11.3 Å². The number of anilines is 1. The molecule has 0 spiro atoms. The van der Waals surface area contributed by atoms with Crippen molar-refractivity contribution < 1.29 is 27.6 Å². The number of imide groups is 1. The first-order chi connectivity index (χ1) is 17.1. The van der Waals surface area contributed by atoms with E-state index >= 15 is 0 Å². The summed E-state index contributed by atoms with van der Waals surface area (Å²) in [6, 6.07) is 4.95. The number of nitrogens with zero attached hydrogens (tertiary/aromatic N) is 2. The lowest BCUT2D eigenvalue weighted by Crippen LogP contribution is -2.39. The molecule has 11 nitrogen and oxygen atoms in total. The van der Waals surface area contributed by atoms with Crippen molar-refractivity contribution in [2.75, 3.05) is 32.0 Å². The molecule has 0 aliphatic carbocycles. The van der Waals surface area contributed by atoms with Crippen molar-refractivity contribution in [1.82, 2.24) is 19.8 Å². The molecule has 0 radical (unpaired) electrons. The van der Waals surface area contributed by atoms with Crippen molar-refractivity contribution >= 4 is 50.1 Å². The second-order valence-corrected chi connectivity index (χ2v) is 11.6. The highest BCUT2D eigenvalue weighted by atomic mass is 32.2. The molecule has 0 saturated carbocycles. The lowest BCUT2D eigenvalue weighted by Gasteiger charge is -2.26. The SMILES string of the molecule is CNC(=O)NC(=O)c1c(NC(=O)c2ccc(S(=O)(=O)N3CCCC3)cc2)sc2c1CCN(C(C)=O)C2. The Kier molecular flexibility index (Phi) is 7.43. The summed E-state index contributed by atoms with van der Waals surface area (Å²) in [5.41, 5.74) is 1.08. The third-order valence-electron chi connectivity index (χ3n) is 6.23. The molecule has 0 unspecified atom stereocenters. The molecule has 1 saturated heterocycles. The van der Waals surface area contributed by atoms with Gasteiger partial charge >= 0.3 is 6.03 Å². The maximum absolute atomic E-state index is 13.0. The molecule has 1 aromatic carbocycles. The van der Waals surface area contributed by atoms with E-state index < -0.39 is 27.9 Å². The topological polar surface area (TPSA) is 145 Å². The van der Waals surface area contributed by atoms with Crippen LogP contribution >= 0.6 is 11.3 Å². The molecule has 3 heterocycles. The number of urea groups is 1. The van der Waals surface area contributed by atoms with Gasteiger partial charge in [0.05, 0.1) is 17.0 Å². The number of hydrogen-bond acceptors (Lipinski definition) is 7. The summed E-state index contributed by atoms with van der Waals surface area (Å²) in [6.07, 6.45) is 2.05. The Balaban J connectivity index is 1.59. The zero-order valence-corrected chi connectivity index (χ0v) is 21.6. The van der Waals surface area contributed by atoms with Gasteiger partial charge in [0, 0.05) is 44.0 Å². The quantitative estimate of drug-likeness (QED) is 0.534. The number of amides is 5. The molecule has 2 aromatic rings. The standard InChI is InChI=1S/C23H27N5O6S2/c1-14(29)27-12-9-17-18(13-27)35-22(19(17)21(31)26-23(32)24-2)25-20(30)15-5-7-16(8-6-15)36(33,34)28-10-3-4-11-28/h5-8H,3-4,9-13H2,1-2H3,(H,25,30)(H2,24,26,31,32). The molecule has 2 aliphatic heterocycles. The molecule has 0 atom stereocenters. The highest BCUT2D eigenvalue weighted by molar-refractivity contribution is 7.89. The molecule has 3 N–H and O–H groups in total. The van der Waals surface area contributed by atoms with Crippen molar-refractivity contribution in [3.05, 3.63) is 45.8 Å². The van der Waals surface area contributed by atoms with E-state index in [-0.39, 0.29) is 26.9 Å². The smallest absolute Gasteiger partial charge is 0.321 e. The average Bonchev–Trinajstić information content (AvgIpc) is 3.52. The van der Waals surface area contributed by atoms with E-state index in [1.54, 1.807) is 4.90 Å². The summed E-state index contributed by atoms with van der Waals surface area (Å²) in [6.45, 7) is 3.15. The van der Waals surface area contributed by atoms with Crippen molar-refractivity contribution in [3.63, 3.8) is 0 Å². The number of carbonyl (C=O) groups is 4. The minimum atomic E-state index is -3.61. The van der Waals surface area contributed by atoms with Crippen LogP contribution in [0.25, 0.3) is 0 Å². The van der Waals surface area contributed by atoms with E-state index in [1.807, 2.05) is 0 Å². The number of benzene rings is 1. The van der Waals surface area contributed by atoms with Gasteiger partial charge in [-0.25, -0.2) is 13.2 Å². The summed E-state index contributed by atoms with van der Waals surface area (Å²) in [4.78, 5) is 52.1. The van der Waals surface area contributed by atoms with Crippen LogP contribution in [0.4, 0.5) is 9.80 Å². The second kappa shape index (κ2) is 10.4. The fourth-order valence-corrected chi connectivity index (χ4v) is 7.03. The van der Waals surface area contributed by atoms with Crippen LogP contribution in [-0.2, 0) is 27.8 Å². The number of hydrogen-bond donors (Lipinski definition) is 3. The number of sulfonamides is 1. The summed E-state index contributed by atoms with van der Waals surface area (Å²) in [5.74, 6) is -1.29. The summed E-state index contributed by atoms with van der Waals surface area (Å²) in [7, 11) is -2.22. The predicted octanol–water partition coefficient (Wildman–Crippen LogP) is 1.76. The molecular weight excluding hydrogens is 506 g/mol. The Morgan fingerprint density at radius 3 is 2.25 bits per heavy atom. The minimum Gasteiger partial charge on any atom is -0.341 e. The molecule has 1 aromatic heterocycles. The molecule has 4 rings (SSSR count). The maximum atomic E-state index is 13.0. The summed E-state index contributed by atoms with van der Waals surface area (Å²) in [5, 5.41) is 7.55. The van der Waals surface area contributed by atoms with Crippen molar-refractivity contribution in [2.24, 2.45) is 0 Å². The molecule has 1 fully saturated rings. The van der Waals surface area contributed by atoms with Crippen molar-refractivity contribution in [3.8, 4) is 0 Å². The van der Waals surface area contributed by atoms with Gasteiger partial charge in [-0.1, -0.05) is 0 Å². The highest BCUT2D eigenvalue weighted by Crippen LogP contribution is 2.37. The van der Waals surface area contributed by atoms with Crippen molar-refractivity contribution in [1.29, 1.82) is 0 Å². The Labute approximate surface area is 212 Å². The normalized spacial score (nSPS) is 15.8. The highest BCUT2D eigenvalue weighted by Gasteiger charge is 2.31. The summed E-state index contributed by atoms with van der Waals surface area (Å²) < 4.78 is 26.9. The number of rotatable bonds is 5. The third-order valence-corrected chi connectivity index (χ3v) is 9.27. The first-order valence-electron chi connectivity index (χ1n) is 11.5. The number of carbonyl (C=O) groups excluding carboxylic acids is 4. The van der Waals surface area contributed by atoms with Crippen LogP contribution in [0.15, 0.2) is 29.2 Å². The van der Waals surface area contributed by atoms with Gasteiger partial charge in [0.15, 0.2) is 0 Å². The first-order valence-corrected chi connectivity index (χ1v) is 13.7. The lowest BCUT2D eigenvalue weighted by molar-refractivity contribution is -0.129. The van der Waals surface area contributed by atoms with Gasteiger partial charge in [-0.3, -0.25) is 19.7 Å². The van der Waals surface area contributed by atoms with E-state index in [0.29, 0.717) is 38.2 Å². The molecular formula is C23H27N5O6S2. The third kappa shape index (κ3) is 5.13. The Morgan fingerprint density at radius 2 is 1.64 bits per heavy atom. The largest absolute Gasteiger partial charge is 0.341 e. The first kappa shape index (κ1) is 25.8. The fraction of sp³-hybridized carbons (Fsp3) is 0.391. The zero-order valence-electron chi connectivity index (χ0n) is 19.9. The second-order valence-electron chi connectivity index (χ2n) is 8.52. The Morgan fingerprint density at radius 1 is 0.972 bits per heavy atom. The van der Waals surface area contributed by atoms with Gasteiger partial charge in [0.2, 0.25) is 15.9 Å². The van der Waals surface area contributed by atoms with Crippen LogP contribution in [0.5, 0.6) is 0 Å². The molecule has 13 heteroatoms.